The smallest absolute Gasteiger partial charge is 0.285 e. The number of imidazole rings is 1. The van der Waals surface area contributed by atoms with Crippen molar-refractivity contribution < 1.29 is 9.53 Å². The molecule has 8 nitrogen and oxygen atoms in total. The molecule has 1 aliphatic carbocycles. The zero-order valence-corrected chi connectivity index (χ0v) is 20.8. The minimum atomic E-state index is -0.641. The number of hydrogen-bond acceptors (Lipinski definition) is 6. The van der Waals surface area contributed by atoms with Gasteiger partial charge < -0.3 is 21.1 Å². The summed E-state index contributed by atoms with van der Waals surface area (Å²) in [5.41, 5.74) is 15.5. The molecule has 182 valence electrons. The summed E-state index contributed by atoms with van der Waals surface area (Å²) in [7, 11) is 3.80. The van der Waals surface area contributed by atoms with E-state index in [1.807, 2.05) is 31.1 Å². The first kappa shape index (κ1) is 24.4. The predicted molar refractivity (Wildman–Crippen MR) is 134 cm³/mol. The number of hydrogen-bond donors (Lipinski definition) is 2. The highest BCUT2D eigenvalue weighted by Gasteiger charge is 2.40. The van der Waals surface area contributed by atoms with Crippen LogP contribution in [0.1, 0.15) is 54.7 Å². The maximum absolute atomic E-state index is 11.8. The number of nitriles is 1. The number of benzene rings is 1. The van der Waals surface area contributed by atoms with E-state index >= 15 is 0 Å². The molecule has 1 aliphatic heterocycles. The van der Waals surface area contributed by atoms with E-state index in [2.05, 4.69) is 24.1 Å². The predicted octanol–water partition coefficient (Wildman–Crippen LogP) is 4.34. The topological polar surface area (TPSA) is 123 Å². The van der Waals surface area contributed by atoms with E-state index in [9.17, 15) is 10.1 Å². The van der Waals surface area contributed by atoms with E-state index in [-0.39, 0.29) is 11.7 Å². The number of aromatic nitrogens is 2. The first-order chi connectivity index (χ1) is 16.8. The van der Waals surface area contributed by atoms with Crippen LogP contribution in [0.15, 0.2) is 65.2 Å². The van der Waals surface area contributed by atoms with Crippen molar-refractivity contribution in [3.05, 3.63) is 81.6 Å². The number of amides is 1. The standard InChI is InChI=1S/C26H29ClN6O2/c1-4-5-6-17(15-7-8-15)22-21(19(14-28)24(30)35-26(22)32(2)3)18-10-9-16(13-20(18)27)33-12-11-31-25(33)23(29)34/h6,9-13,15,21H,4-5,7-8,30H2,1-3H3,(H2,29,34)/b17-6-. The maximum atomic E-state index is 11.8. The first-order valence-electron chi connectivity index (χ1n) is 11.6. The summed E-state index contributed by atoms with van der Waals surface area (Å²) in [6.45, 7) is 2.14. The van der Waals surface area contributed by atoms with Gasteiger partial charge in [-0.25, -0.2) is 4.98 Å². The average molecular weight is 493 g/mol. The quantitative estimate of drug-likeness (QED) is 0.564. The van der Waals surface area contributed by atoms with Crippen molar-refractivity contribution in [1.29, 1.82) is 5.26 Å². The fraction of sp³-hybridized carbons (Fsp3) is 0.346. The summed E-state index contributed by atoms with van der Waals surface area (Å²) in [6, 6.07) is 7.70. The van der Waals surface area contributed by atoms with Crippen LogP contribution in [0.25, 0.3) is 5.69 Å². The number of primary amides is 1. The van der Waals surface area contributed by atoms with E-state index in [1.54, 1.807) is 16.8 Å². The Hall–Kier alpha value is -3.70. The third-order valence-electron chi connectivity index (χ3n) is 6.22. The molecule has 35 heavy (non-hydrogen) atoms. The van der Waals surface area contributed by atoms with Crippen LogP contribution in [-0.4, -0.2) is 34.5 Å². The molecule has 2 aromatic rings. The summed E-state index contributed by atoms with van der Waals surface area (Å²) in [5, 5.41) is 10.5. The summed E-state index contributed by atoms with van der Waals surface area (Å²) in [6.07, 6.45) is 9.53. The Morgan fingerprint density at radius 1 is 1.40 bits per heavy atom. The van der Waals surface area contributed by atoms with Gasteiger partial charge in [0, 0.05) is 42.8 Å². The van der Waals surface area contributed by atoms with Gasteiger partial charge in [-0.1, -0.05) is 37.1 Å². The van der Waals surface area contributed by atoms with Gasteiger partial charge in [-0.05, 0) is 48.4 Å². The minimum Gasteiger partial charge on any atom is -0.424 e. The number of nitrogens with zero attached hydrogens (tertiary/aromatic N) is 4. The summed E-state index contributed by atoms with van der Waals surface area (Å²) in [5.74, 6) is 0.0792. The van der Waals surface area contributed by atoms with Gasteiger partial charge >= 0.3 is 0 Å². The zero-order chi connectivity index (χ0) is 25.3. The van der Waals surface area contributed by atoms with Crippen molar-refractivity contribution >= 4 is 17.5 Å². The molecule has 0 radical (unpaired) electrons. The van der Waals surface area contributed by atoms with Crippen LogP contribution in [0.2, 0.25) is 5.02 Å². The van der Waals surface area contributed by atoms with Gasteiger partial charge in [-0.2, -0.15) is 5.26 Å². The minimum absolute atomic E-state index is 0.0707. The van der Waals surface area contributed by atoms with Gasteiger partial charge in [0.1, 0.15) is 11.6 Å². The first-order valence-corrected chi connectivity index (χ1v) is 12.0. The van der Waals surface area contributed by atoms with E-state index in [1.165, 1.54) is 11.8 Å². The Morgan fingerprint density at radius 3 is 2.71 bits per heavy atom. The van der Waals surface area contributed by atoms with Crippen LogP contribution in [-0.2, 0) is 4.74 Å². The Bertz CT molecular complexity index is 1290. The molecule has 1 amide bonds. The summed E-state index contributed by atoms with van der Waals surface area (Å²) >= 11 is 6.86. The molecule has 0 spiro atoms. The molecule has 1 unspecified atom stereocenters. The molecule has 1 saturated carbocycles. The Labute approximate surface area is 210 Å². The fourth-order valence-electron chi connectivity index (χ4n) is 4.46. The number of carbonyl (C=O) groups excluding carboxylic acids is 1. The average Bonchev–Trinajstić information content (AvgIpc) is 3.53. The number of allylic oxidation sites excluding steroid dienone is 4. The molecule has 1 fully saturated rings. The van der Waals surface area contributed by atoms with Crippen molar-refractivity contribution in [2.75, 3.05) is 14.1 Å². The van der Waals surface area contributed by atoms with Crippen molar-refractivity contribution in [2.45, 2.75) is 38.5 Å². The van der Waals surface area contributed by atoms with Crippen LogP contribution in [0.4, 0.5) is 0 Å². The monoisotopic (exact) mass is 492 g/mol. The van der Waals surface area contributed by atoms with Gasteiger partial charge in [0.2, 0.25) is 17.6 Å². The molecule has 0 bridgehead atoms. The lowest BCUT2D eigenvalue weighted by atomic mass is 9.78. The Morgan fingerprint density at radius 2 is 2.14 bits per heavy atom. The number of nitrogens with two attached hydrogens (primary N) is 2. The number of halogens is 1. The third-order valence-corrected chi connectivity index (χ3v) is 6.55. The lowest BCUT2D eigenvalue weighted by Gasteiger charge is -2.34. The highest BCUT2D eigenvalue weighted by atomic mass is 35.5. The molecule has 1 atom stereocenters. The van der Waals surface area contributed by atoms with Gasteiger partial charge in [0.15, 0.2) is 0 Å². The number of ether oxygens (including phenoxy) is 1. The second-order valence-electron chi connectivity index (χ2n) is 8.95. The molecule has 9 heteroatoms. The molecule has 1 aromatic carbocycles. The van der Waals surface area contributed by atoms with Crippen molar-refractivity contribution in [1.82, 2.24) is 14.5 Å². The number of carbonyl (C=O) groups is 1. The van der Waals surface area contributed by atoms with Crippen LogP contribution < -0.4 is 11.5 Å². The summed E-state index contributed by atoms with van der Waals surface area (Å²) < 4.78 is 7.59. The van der Waals surface area contributed by atoms with Gasteiger partial charge in [-0.3, -0.25) is 9.36 Å². The molecule has 0 saturated heterocycles. The van der Waals surface area contributed by atoms with Crippen LogP contribution in [0.5, 0.6) is 0 Å². The van der Waals surface area contributed by atoms with Gasteiger partial charge in [0.25, 0.3) is 5.91 Å². The van der Waals surface area contributed by atoms with Crippen LogP contribution >= 0.6 is 11.6 Å². The molecule has 4 rings (SSSR count). The van der Waals surface area contributed by atoms with Crippen molar-refractivity contribution in [3.63, 3.8) is 0 Å². The normalized spacial score (nSPS) is 18.4. The van der Waals surface area contributed by atoms with Crippen LogP contribution in [0.3, 0.4) is 0 Å². The number of rotatable bonds is 8. The SMILES string of the molecule is CCC/C=C(\C1=C(N(C)C)OC(N)=C(C#N)C1c1ccc(-n2ccnc2C(N)=O)cc1Cl)C1CC1. The zero-order valence-electron chi connectivity index (χ0n) is 20.1. The third kappa shape index (κ3) is 4.64. The maximum Gasteiger partial charge on any atom is 0.285 e. The number of unbranched alkanes of at least 4 members (excludes halogenated alkanes) is 1. The second-order valence-corrected chi connectivity index (χ2v) is 9.36. The van der Waals surface area contributed by atoms with Crippen molar-refractivity contribution in [2.24, 2.45) is 17.4 Å². The van der Waals surface area contributed by atoms with E-state index in [4.69, 9.17) is 27.8 Å². The Balaban J connectivity index is 1.90. The Kier molecular flexibility index (Phi) is 6.90. The molecular weight excluding hydrogens is 464 g/mol. The van der Waals surface area contributed by atoms with Crippen LogP contribution in [0, 0.1) is 17.2 Å². The van der Waals surface area contributed by atoms with Gasteiger partial charge in [-0.15, -0.1) is 0 Å². The summed E-state index contributed by atoms with van der Waals surface area (Å²) in [4.78, 5) is 17.7. The highest BCUT2D eigenvalue weighted by Crippen LogP contribution is 2.51. The fourth-order valence-corrected chi connectivity index (χ4v) is 4.75. The molecule has 1 aromatic heterocycles. The van der Waals surface area contributed by atoms with Gasteiger partial charge in [0.05, 0.1) is 5.92 Å². The second kappa shape index (κ2) is 9.88. The van der Waals surface area contributed by atoms with E-state index in [0.717, 1.165) is 36.8 Å². The largest absolute Gasteiger partial charge is 0.424 e. The molecule has 2 heterocycles. The lowest BCUT2D eigenvalue weighted by molar-refractivity contribution is 0.0989. The van der Waals surface area contributed by atoms with Crippen molar-refractivity contribution in [3.8, 4) is 11.8 Å². The molecule has 2 aliphatic rings. The van der Waals surface area contributed by atoms with E-state index in [0.29, 0.717) is 28.1 Å². The lowest BCUT2D eigenvalue weighted by Crippen LogP contribution is -2.28. The van der Waals surface area contributed by atoms with E-state index < -0.39 is 11.8 Å². The molecular formula is C26H29ClN6O2. The molecule has 4 N–H and O–H groups in total. The highest BCUT2D eigenvalue weighted by molar-refractivity contribution is 6.31.